The molecule has 0 saturated heterocycles. The number of aromatic nitrogens is 2. The summed E-state index contributed by atoms with van der Waals surface area (Å²) in [5.41, 5.74) is 7.70. The number of nitrogens with zero attached hydrogens (tertiary/aromatic N) is 2. The summed E-state index contributed by atoms with van der Waals surface area (Å²) in [4.78, 5) is 11.1. The number of carboxylic acids is 1. The Morgan fingerprint density at radius 1 is 1.55 bits per heavy atom. The molecule has 106 valence electrons. The number of rotatable bonds is 5. The highest BCUT2D eigenvalue weighted by atomic mass is 16.4. The summed E-state index contributed by atoms with van der Waals surface area (Å²) in [6.07, 6.45) is 3.61. The molecule has 1 atom stereocenters. The summed E-state index contributed by atoms with van der Waals surface area (Å²) >= 11 is 0. The van der Waals surface area contributed by atoms with Gasteiger partial charge in [0.1, 0.15) is 0 Å². The molecule has 0 bridgehead atoms. The van der Waals surface area contributed by atoms with Gasteiger partial charge in [-0.15, -0.1) is 0 Å². The molecular formula is C14H18N4O2. The van der Waals surface area contributed by atoms with Crippen molar-refractivity contribution in [1.29, 1.82) is 0 Å². The standard InChI is InChI=1S/C14H18N4O2/c1-9-6-11(7-12(13(9)15)14(19)20)17-10(2)8-18-5-3-4-16-18/h3-7,10,17H,8,15H2,1-2H3,(H,19,20). The van der Waals surface area contributed by atoms with Crippen molar-refractivity contribution in [3.63, 3.8) is 0 Å². The molecule has 1 unspecified atom stereocenters. The van der Waals surface area contributed by atoms with Gasteiger partial charge in [0, 0.05) is 29.8 Å². The van der Waals surface area contributed by atoms with Gasteiger partial charge in [0.25, 0.3) is 0 Å². The van der Waals surface area contributed by atoms with Gasteiger partial charge < -0.3 is 16.2 Å². The minimum Gasteiger partial charge on any atom is -0.478 e. The molecule has 0 saturated carbocycles. The lowest BCUT2D eigenvalue weighted by atomic mass is 10.1. The minimum absolute atomic E-state index is 0.111. The van der Waals surface area contributed by atoms with Crippen molar-refractivity contribution < 1.29 is 9.90 Å². The van der Waals surface area contributed by atoms with Crippen molar-refractivity contribution >= 4 is 17.3 Å². The average Bonchev–Trinajstić information content (AvgIpc) is 2.85. The van der Waals surface area contributed by atoms with Crippen LogP contribution < -0.4 is 11.1 Å². The van der Waals surface area contributed by atoms with Gasteiger partial charge >= 0.3 is 5.97 Å². The van der Waals surface area contributed by atoms with Gasteiger partial charge in [0.05, 0.1) is 12.1 Å². The third-order valence-electron chi connectivity index (χ3n) is 3.05. The summed E-state index contributed by atoms with van der Waals surface area (Å²) in [6, 6.07) is 5.38. The maximum Gasteiger partial charge on any atom is 0.337 e. The quantitative estimate of drug-likeness (QED) is 0.725. The Labute approximate surface area is 117 Å². The number of nitrogens with two attached hydrogens (primary N) is 1. The fraction of sp³-hybridized carbons (Fsp3) is 0.286. The van der Waals surface area contributed by atoms with Crippen molar-refractivity contribution in [2.24, 2.45) is 0 Å². The molecule has 0 spiro atoms. The van der Waals surface area contributed by atoms with Crippen LogP contribution in [-0.4, -0.2) is 26.9 Å². The summed E-state index contributed by atoms with van der Waals surface area (Å²) in [6.45, 7) is 4.50. The van der Waals surface area contributed by atoms with E-state index in [2.05, 4.69) is 10.4 Å². The number of carboxylic acid groups (broad SMARTS) is 1. The molecule has 0 amide bonds. The second-order valence-corrected chi connectivity index (χ2v) is 4.83. The highest BCUT2D eigenvalue weighted by molar-refractivity contribution is 5.95. The van der Waals surface area contributed by atoms with E-state index in [0.29, 0.717) is 12.2 Å². The molecule has 2 rings (SSSR count). The molecular weight excluding hydrogens is 256 g/mol. The first-order valence-electron chi connectivity index (χ1n) is 6.34. The third kappa shape index (κ3) is 3.09. The van der Waals surface area contributed by atoms with Crippen LogP contribution in [0, 0.1) is 6.92 Å². The van der Waals surface area contributed by atoms with Crippen LogP contribution in [0.2, 0.25) is 0 Å². The first-order chi connectivity index (χ1) is 9.47. The van der Waals surface area contributed by atoms with E-state index in [1.165, 1.54) is 0 Å². The van der Waals surface area contributed by atoms with Crippen LogP contribution in [0.4, 0.5) is 11.4 Å². The lowest BCUT2D eigenvalue weighted by Gasteiger charge is -2.17. The Morgan fingerprint density at radius 2 is 2.30 bits per heavy atom. The van der Waals surface area contributed by atoms with E-state index in [0.717, 1.165) is 11.3 Å². The zero-order chi connectivity index (χ0) is 14.7. The van der Waals surface area contributed by atoms with E-state index in [1.807, 2.05) is 29.9 Å². The first kappa shape index (κ1) is 13.9. The second kappa shape index (κ2) is 5.64. The summed E-state index contributed by atoms with van der Waals surface area (Å²) < 4.78 is 1.82. The molecule has 6 heteroatoms. The van der Waals surface area contributed by atoms with E-state index in [4.69, 9.17) is 10.8 Å². The summed E-state index contributed by atoms with van der Waals surface area (Å²) in [5.74, 6) is -1.02. The van der Waals surface area contributed by atoms with Crippen molar-refractivity contribution in [1.82, 2.24) is 9.78 Å². The molecule has 0 aliphatic heterocycles. The topological polar surface area (TPSA) is 93.2 Å². The van der Waals surface area contributed by atoms with Gasteiger partial charge in [-0.1, -0.05) is 0 Å². The van der Waals surface area contributed by atoms with Crippen molar-refractivity contribution in [2.75, 3.05) is 11.1 Å². The van der Waals surface area contributed by atoms with E-state index in [9.17, 15) is 4.79 Å². The smallest absolute Gasteiger partial charge is 0.337 e. The zero-order valence-electron chi connectivity index (χ0n) is 11.5. The fourth-order valence-corrected chi connectivity index (χ4v) is 2.08. The van der Waals surface area contributed by atoms with Crippen molar-refractivity contribution in [3.8, 4) is 0 Å². The van der Waals surface area contributed by atoms with Gasteiger partial charge in [-0.05, 0) is 37.6 Å². The molecule has 1 heterocycles. The molecule has 0 radical (unpaired) electrons. The van der Waals surface area contributed by atoms with Crippen LogP contribution >= 0.6 is 0 Å². The lowest BCUT2D eigenvalue weighted by molar-refractivity contribution is 0.0698. The number of benzene rings is 1. The highest BCUT2D eigenvalue weighted by Crippen LogP contribution is 2.23. The molecule has 20 heavy (non-hydrogen) atoms. The number of anilines is 2. The van der Waals surface area contributed by atoms with Crippen LogP contribution in [0.5, 0.6) is 0 Å². The highest BCUT2D eigenvalue weighted by Gasteiger charge is 2.13. The summed E-state index contributed by atoms with van der Waals surface area (Å²) in [7, 11) is 0. The Bertz CT molecular complexity index is 608. The van der Waals surface area contributed by atoms with Crippen molar-refractivity contribution in [3.05, 3.63) is 41.7 Å². The Kier molecular flexibility index (Phi) is 3.93. The van der Waals surface area contributed by atoms with Crippen LogP contribution in [0.25, 0.3) is 0 Å². The number of hydrogen-bond acceptors (Lipinski definition) is 4. The SMILES string of the molecule is Cc1cc(NC(C)Cn2cccn2)cc(C(=O)O)c1N. The zero-order valence-corrected chi connectivity index (χ0v) is 11.5. The van der Waals surface area contributed by atoms with Gasteiger partial charge in [0.2, 0.25) is 0 Å². The monoisotopic (exact) mass is 274 g/mol. The molecule has 4 N–H and O–H groups in total. The van der Waals surface area contributed by atoms with E-state index < -0.39 is 5.97 Å². The van der Waals surface area contributed by atoms with Crippen LogP contribution in [-0.2, 0) is 6.54 Å². The maximum atomic E-state index is 11.1. The molecule has 6 nitrogen and oxygen atoms in total. The maximum absolute atomic E-state index is 11.1. The average molecular weight is 274 g/mol. The molecule has 1 aromatic carbocycles. The number of nitrogen functional groups attached to an aromatic ring is 1. The first-order valence-corrected chi connectivity index (χ1v) is 6.34. The second-order valence-electron chi connectivity index (χ2n) is 4.83. The fourth-order valence-electron chi connectivity index (χ4n) is 2.08. The molecule has 0 aliphatic carbocycles. The predicted molar refractivity (Wildman–Crippen MR) is 77.9 cm³/mol. The number of carbonyl (C=O) groups is 1. The molecule has 2 aromatic rings. The molecule has 0 aliphatic rings. The van der Waals surface area contributed by atoms with E-state index >= 15 is 0 Å². The van der Waals surface area contributed by atoms with Gasteiger partial charge in [-0.3, -0.25) is 4.68 Å². The number of aryl methyl sites for hydroxylation is 1. The van der Waals surface area contributed by atoms with Gasteiger partial charge in [0.15, 0.2) is 0 Å². The normalized spacial score (nSPS) is 12.1. The Morgan fingerprint density at radius 3 is 2.90 bits per heavy atom. The summed E-state index contributed by atoms with van der Waals surface area (Å²) in [5, 5.41) is 16.5. The third-order valence-corrected chi connectivity index (χ3v) is 3.05. The van der Waals surface area contributed by atoms with Gasteiger partial charge in [-0.25, -0.2) is 4.79 Å². The van der Waals surface area contributed by atoms with Crippen LogP contribution in [0.3, 0.4) is 0 Å². The molecule has 0 fully saturated rings. The van der Waals surface area contributed by atoms with Gasteiger partial charge in [-0.2, -0.15) is 5.10 Å². The van der Waals surface area contributed by atoms with E-state index in [1.54, 1.807) is 19.2 Å². The number of aromatic carboxylic acids is 1. The van der Waals surface area contributed by atoms with Crippen LogP contribution in [0.1, 0.15) is 22.8 Å². The lowest BCUT2D eigenvalue weighted by Crippen LogP contribution is -2.22. The Balaban J connectivity index is 2.15. The number of nitrogens with one attached hydrogen (secondary N) is 1. The van der Waals surface area contributed by atoms with Crippen LogP contribution in [0.15, 0.2) is 30.6 Å². The predicted octanol–water partition coefficient (Wildman–Crippen LogP) is 1.97. The number of hydrogen-bond donors (Lipinski definition) is 3. The Hall–Kier alpha value is -2.50. The largest absolute Gasteiger partial charge is 0.478 e. The van der Waals surface area contributed by atoms with Crippen molar-refractivity contribution in [2.45, 2.75) is 26.4 Å². The molecule has 1 aromatic heterocycles. The minimum atomic E-state index is -1.02. The van der Waals surface area contributed by atoms with E-state index in [-0.39, 0.29) is 11.6 Å².